The van der Waals surface area contributed by atoms with Crippen molar-refractivity contribution in [3.63, 3.8) is 0 Å². The normalized spacial score (nSPS) is 10.7. The molecule has 8 heteroatoms. The Labute approximate surface area is 223 Å². The monoisotopic (exact) mass is 524 g/mol. The molecule has 37 heavy (non-hydrogen) atoms. The summed E-state index contributed by atoms with van der Waals surface area (Å²) in [7, 11) is 4.80. The van der Waals surface area contributed by atoms with Crippen LogP contribution in [-0.4, -0.2) is 69.2 Å². The van der Waals surface area contributed by atoms with E-state index in [1.165, 1.54) is 0 Å². The number of rotatable bonds is 13. The second-order valence-corrected chi connectivity index (χ2v) is 9.82. The summed E-state index contributed by atoms with van der Waals surface area (Å²) in [5, 5.41) is 2.04. The Morgan fingerprint density at radius 2 is 1.62 bits per heavy atom. The Morgan fingerprint density at radius 3 is 2.27 bits per heavy atom. The molecule has 2 amide bonds. The van der Waals surface area contributed by atoms with Gasteiger partial charge in [-0.1, -0.05) is 24.3 Å². The third-order valence-corrected chi connectivity index (χ3v) is 7.34. The van der Waals surface area contributed by atoms with Gasteiger partial charge in [-0.3, -0.25) is 9.59 Å². The number of carbonyl (C=O) groups is 2. The highest BCUT2D eigenvalue weighted by atomic mass is 32.1. The summed E-state index contributed by atoms with van der Waals surface area (Å²) in [6, 6.07) is 15.3. The molecule has 0 atom stereocenters. The predicted octanol–water partition coefficient (Wildman–Crippen LogP) is 4.74. The molecule has 0 fully saturated rings. The molecule has 0 saturated heterocycles. The van der Waals surface area contributed by atoms with Crippen LogP contribution in [0.1, 0.15) is 31.9 Å². The Morgan fingerprint density at radius 1 is 0.865 bits per heavy atom. The molecule has 3 aromatic rings. The summed E-state index contributed by atoms with van der Waals surface area (Å²) in [6.45, 7) is 5.60. The van der Waals surface area contributed by atoms with Crippen molar-refractivity contribution < 1.29 is 23.8 Å². The van der Waals surface area contributed by atoms with Gasteiger partial charge >= 0.3 is 0 Å². The largest absolute Gasteiger partial charge is 0.493 e. The van der Waals surface area contributed by atoms with Gasteiger partial charge in [0.05, 0.1) is 27.4 Å². The number of hydrogen-bond acceptors (Lipinski definition) is 6. The molecule has 0 radical (unpaired) electrons. The molecular formula is C29H36N2O5S. The second-order valence-electron chi connectivity index (χ2n) is 8.82. The van der Waals surface area contributed by atoms with E-state index in [2.05, 4.69) is 13.0 Å². The molecule has 7 nitrogen and oxygen atoms in total. The lowest BCUT2D eigenvalue weighted by Crippen LogP contribution is -2.44. The van der Waals surface area contributed by atoms with E-state index in [9.17, 15) is 9.59 Å². The third-order valence-electron chi connectivity index (χ3n) is 6.33. The second kappa shape index (κ2) is 13.8. The number of aryl methyl sites for hydroxylation is 2. The number of benzene rings is 2. The summed E-state index contributed by atoms with van der Waals surface area (Å²) in [6.07, 6.45) is 0.639. The predicted molar refractivity (Wildman–Crippen MR) is 147 cm³/mol. The topological polar surface area (TPSA) is 68.3 Å². The lowest BCUT2D eigenvalue weighted by molar-refractivity contribution is -0.132. The fourth-order valence-corrected chi connectivity index (χ4v) is 4.95. The highest BCUT2D eigenvalue weighted by molar-refractivity contribution is 7.10. The minimum absolute atomic E-state index is 0.0209. The number of nitrogens with zero attached hydrogens (tertiary/aromatic N) is 2. The van der Waals surface area contributed by atoms with Crippen LogP contribution in [-0.2, 0) is 22.5 Å². The number of methoxy groups -OCH3 is 3. The first-order valence-corrected chi connectivity index (χ1v) is 13.1. The van der Waals surface area contributed by atoms with Crippen molar-refractivity contribution >= 4 is 23.2 Å². The highest BCUT2D eigenvalue weighted by Gasteiger charge is 2.24. The van der Waals surface area contributed by atoms with Crippen LogP contribution in [0.3, 0.4) is 0 Å². The molecule has 1 heterocycles. The first-order valence-electron chi connectivity index (χ1n) is 12.2. The third kappa shape index (κ3) is 7.57. The maximum Gasteiger partial charge on any atom is 0.254 e. The molecule has 0 unspecified atom stereocenters. The van der Waals surface area contributed by atoms with Crippen molar-refractivity contribution in [2.24, 2.45) is 0 Å². The van der Waals surface area contributed by atoms with Crippen LogP contribution < -0.4 is 9.47 Å². The molecule has 198 valence electrons. The SMILES string of the molecule is COCCN(CC(=O)N(CCc1ccc(OC)c(OC)c1)Cc1sccc1C)C(=O)c1ccccc1C. The zero-order valence-corrected chi connectivity index (χ0v) is 23.1. The van der Waals surface area contributed by atoms with Gasteiger partial charge in [0.1, 0.15) is 6.54 Å². The van der Waals surface area contributed by atoms with Crippen molar-refractivity contribution in [1.29, 1.82) is 0 Å². The van der Waals surface area contributed by atoms with Gasteiger partial charge < -0.3 is 24.0 Å². The van der Waals surface area contributed by atoms with Gasteiger partial charge in [0, 0.05) is 30.6 Å². The van der Waals surface area contributed by atoms with Gasteiger partial charge in [-0.2, -0.15) is 0 Å². The molecule has 0 spiro atoms. The summed E-state index contributed by atoms with van der Waals surface area (Å²) < 4.78 is 16.0. The smallest absolute Gasteiger partial charge is 0.254 e. The van der Waals surface area contributed by atoms with Gasteiger partial charge in [0.25, 0.3) is 5.91 Å². The summed E-state index contributed by atoms with van der Waals surface area (Å²) in [4.78, 5) is 31.6. The van der Waals surface area contributed by atoms with Crippen LogP contribution in [0.5, 0.6) is 11.5 Å². The van der Waals surface area contributed by atoms with Crippen molar-refractivity contribution in [1.82, 2.24) is 9.80 Å². The van der Waals surface area contributed by atoms with Crippen molar-refractivity contribution in [2.45, 2.75) is 26.8 Å². The van der Waals surface area contributed by atoms with Crippen LogP contribution in [0, 0.1) is 13.8 Å². The molecule has 0 N–H and O–H groups in total. The zero-order chi connectivity index (χ0) is 26.8. The van der Waals surface area contributed by atoms with E-state index < -0.39 is 0 Å². The van der Waals surface area contributed by atoms with E-state index in [4.69, 9.17) is 14.2 Å². The van der Waals surface area contributed by atoms with Crippen LogP contribution in [0.4, 0.5) is 0 Å². The number of amides is 2. The Kier molecular flexibility index (Phi) is 10.5. The quantitative estimate of drug-likeness (QED) is 0.323. The van der Waals surface area contributed by atoms with E-state index in [-0.39, 0.29) is 18.4 Å². The van der Waals surface area contributed by atoms with Crippen molar-refractivity contribution in [3.8, 4) is 11.5 Å². The standard InChI is InChI=1S/C29H36N2O5S/c1-21-8-6-7-9-24(21)29(33)31(15-16-34-3)20-28(32)30(19-27-22(2)13-17-37-27)14-12-23-10-11-25(35-4)26(18-23)36-5/h6-11,13,17-18H,12,14-16,19-20H2,1-5H3. The number of carbonyl (C=O) groups excluding carboxylic acids is 2. The van der Waals surface area contributed by atoms with Crippen LogP contribution in [0.15, 0.2) is 53.9 Å². The number of hydrogen-bond donors (Lipinski definition) is 0. The van der Waals surface area contributed by atoms with E-state index in [0.29, 0.717) is 49.7 Å². The van der Waals surface area contributed by atoms with Gasteiger partial charge in [-0.15, -0.1) is 11.3 Å². The Balaban J connectivity index is 1.81. The van der Waals surface area contributed by atoms with Gasteiger partial charge in [-0.25, -0.2) is 0 Å². The van der Waals surface area contributed by atoms with E-state index in [0.717, 1.165) is 21.6 Å². The fourth-order valence-electron chi connectivity index (χ4n) is 4.03. The lowest BCUT2D eigenvalue weighted by atomic mass is 10.1. The highest BCUT2D eigenvalue weighted by Crippen LogP contribution is 2.28. The average Bonchev–Trinajstić information content (AvgIpc) is 3.32. The molecule has 2 aromatic carbocycles. The maximum absolute atomic E-state index is 13.7. The maximum atomic E-state index is 13.7. The van der Waals surface area contributed by atoms with Crippen LogP contribution >= 0.6 is 11.3 Å². The van der Waals surface area contributed by atoms with Gasteiger partial charge in [-0.05, 0) is 66.6 Å². The first kappa shape index (κ1) is 28.2. The fraction of sp³-hybridized carbons (Fsp3) is 0.379. The number of ether oxygens (including phenoxy) is 3. The zero-order valence-electron chi connectivity index (χ0n) is 22.3. The first-order chi connectivity index (χ1) is 17.9. The average molecular weight is 525 g/mol. The summed E-state index contributed by atoms with van der Waals surface area (Å²) in [5.74, 6) is 1.04. The van der Waals surface area contributed by atoms with Crippen molar-refractivity contribution in [3.05, 3.63) is 81.0 Å². The lowest BCUT2D eigenvalue weighted by Gasteiger charge is -2.28. The van der Waals surface area contributed by atoms with E-state index in [1.54, 1.807) is 43.6 Å². The molecular weight excluding hydrogens is 488 g/mol. The molecule has 1 aromatic heterocycles. The Bertz CT molecular complexity index is 1190. The molecule has 0 aliphatic carbocycles. The molecule has 0 aliphatic heterocycles. The molecule has 3 rings (SSSR count). The summed E-state index contributed by atoms with van der Waals surface area (Å²) in [5.41, 5.74) is 3.66. The van der Waals surface area contributed by atoms with Crippen molar-refractivity contribution in [2.75, 3.05) is 47.6 Å². The summed E-state index contributed by atoms with van der Waals surface area (Å²) >= 11 is 1.63. The van der Waals surface area contributed by atoms with E-state index in [1.807, 2.05) is 53.6 Å². The van der Waals surface area contributed by atoms with Gasteiger partial charge in [0.2, 0.25) is 5.91 Å². The minimum Gasteiger partial charge on any atom is -0.493 e. The van der Waals surface area contributed by atoms with Crippen LogP contribution in [0.25, 0.3) is 0 Å². The Hall–Kier alpha value is -3.36. The van der Waals surface area contributed by atoms with Crippen LogP contribution in [0.2, 0.25) is 0 Å². The molecule has 0 aliphatic rings. The van der Waals surface area contributed by atoms with Gasteiger partial charge in [0.15, 0.2) is 11.5 Å². The molecule has 0 bridgehead atoms. The molecule has 0 saturated carbocycles. The van der Waals surface area contributed by atoms with E-state index >= 15 is 0 Å². The minimum atomic E-state index is -0.171. The number of thiophene rings is 1.